The molecule has 4 rings (SSSR count). The highest BCUT2D eigenvalue weighted by atomic mass is 19.1. The van der Waals surface area contributed by atoms with Gasteiger partial charge in [0.15, 0.2) is 0 Å². The van der Waals surface area contributed by atoms with Gasteiger partial charge >= 0.3 is 0 Å². The molecule has 2 aromatic carbocycles. The summed E-state index contributed by atoms with van der Waals surface area (Å²) in [4.78, 5) is 4.65. The maximum Gasteiger partial charge on any atom is 0.130 e. The van der Waals surface area contributed by atoms with E-state index in [9.17, 15) is 13.9 Å². The molecule has 26 heavy (non-hydrogen) atoms. The van der Waals surface area contributed by atoms with Crippen molar-refractivity contribution in [1.82, 2.24) is 9.80 Å². The molecule has 0 aliphatic carbocycles. The van der Waals surface area contributed by atoms with Gasteiger partial charge in [-0.15, -0.1) is 0 Å². The second-order valence-corrected chi connectivity index (χ2v) is 7.51. The highest BCUT2D eigenvalue weighted by molar-refractivity contribution is 5.20. The van der Waals surface area contributed by atoms with Crippen LogP contribution in [0.2, 0.25) is 0 Å². The lowest BCUT2D eigenvalue weighted by molar-refractivity contribution is 0.0438. The molecule has 2 aromatic rings. The first-order chi connectivity index (χ1) is 12.6. The van der Waals surface area contributed by atoms with E-state index in [1.807, 2.05) is 18.2 Å². The lowest BCUT2D eigenvalue weighted by atomic mass is 9.99. The van der Waals surface area contributed by atoms with Gasteiger partial charge in [0.1, 0.15) is 11.6 Å². The van der Waals surface area contributed by atoms with Gasteiger partial charge in [-0.25, -0.2) is 8.78 Å². The van der Waals surface area contributed by atoms with Crippen LogP contribution in [0.3, 0.4) is 0 Å². The van der Waals surface area contributed by atoms with Gasteiger partial charge < -0.3 is 5.11 Å². The summed E-state index contributed by atoms with van der Waals surface area (Å²) in [6, 6.07) is 14.7. The third-order valence-corrected chi connectivity index (χ3v) is 5.62. The molecule has 1 N–H and O–H groups in total. The number of fused-ring (bicyclic) bond motifs is 1. The van der Waals surface area contributed by atoms with Gasteiger partial charge in [0.2, 0.25) is 0 Å². The predicted octanol–water partition coefficient (Wildman–Crippen LogP) is 2.83. The Balaban J connectivity index is 1.55. The van der Waals surface area contributed by atoms with Gasteiger partial charge in [0.25, 0.3) is 0 Å². The molecule has 2 heterocycles. The molecule has 3 atom stereocenters. The second-order valence-electron chi connectivity index (χ2n) is 7.51. The van der Waals surface area contributed by atoms with Crippen LogP contribution in [0.25, 0.3) is 0 Å². The molecule has 2 fully saturated rings. The van der Waals surface area contributed by atoms with Crippen LogP contribution in [0.15, 0.2) is 48.5 Å². The maximum atomic E-state index is 14.2. The van der Waals surface area contributed by atoms with Crippen LogP contribution in [0.4, 0.5) is 8.78 Å². The van der Waals surface area contributed by atoms with Crippen molar-refractivity contribution < 1.29 is 13.9 Å². The zero-order valence-corrected chi connectivity index (χ0v) is 14.7. The minimum atomic E-state index is -0.546. The van der Waals surface area contributed by atoms with Gasteiger partial charge in [-0.2, -0.15) is 0 Å². The molecule has 0 radical (unpaired) electrons. The third kappa shape index (κ3) is 3.80. The molecule has 2 saturated heterocycles. The molecule has 5 heteroatoms. The summed E-state index contributed by atoms with van der Waals surface area (Å²) in [7, 11) is 0. The molecule has 0 spiro atoms. The first-order valence-electron chi connectivity index (χ1n) is 9.22. The predicted molar refractivity (Wildman–Crippen MR) is 96.7 cm³/mol. The molecule has 0 unspecified atom stereocenters. The van der Waals surface area contributed by atoms with Crippen LogP contribution in [0.5, 0.6) is 0 Å². The summed E-state index contributed by atoms with van der Waals surface area (Å²) in [5, 5.41) is 10.0. The lowest BCUT2D eigenvalue weighted by Gasteiger charge is -2.44. The zero-order chi connectivity index (χ0) is 18.1. The van der Waals surface area contributed by atoms with Crippen molar-refractivity contribution in [2.24, 2.45) is 0 Å². The standard InChI is InChI=1S/C21H24F2N2O/c22-17-7-6-16(21(23)9-17)11-24-13-19-10-20(26)14-25(19)12-18(24)8-15-4-2-1-3-5-15/h1-7,9,18-20,26H,8,10-14H2/t18-,19-,20+/m0/s1. The SMILES string of the molecule is O[C@@H]1C[C@H]2CN(Cc3ccc(F)cc3F)[C@@H](Cc3ccccc3)CN2C1. The number of nitrogens with zero attached hydrogens (tertiary/aromatic N) is 2. The van der Waals surface area contributed by atoms with Crippen molar-refractivity contribution in [2.75, 3.05) is 19.6 Å². The van der Waals surface area contributed by atoms with E-state index in [1.54, 1.807) is 6.07 Å². The highest BCUT2D eigenvalue weighted by Crippen LogP contribution is 2.28. The molecular weight excluding hydrogens is 334 g/mol. The zero-order valence-electron chi connectivity index (χ0n) is 14.7. The van der Waals surface area contributed by atoms with Gasteiger partial charge in [-0.05, 0) is 24.5 Å². The Morgan fingerprint density at radius 2 is 1.81 bits per heavy atom. The Morgan fingerprint density at radius 1 is 1.00 bits per heavy atom. The van der Waals surface area contributed by atoms with Crippen LogP contribution in [0, 0.1) is 11.6 Å². The van der Waals surface area contributed by atoms with Crippen LogP contribution in [-0.4, -0.2) is 52.7 Å². The fourth-order valence-corrected chi connectivity index (χ4v) is 4.32. The Hall–Kier alpha value is -1.82. The van der Waals surface area contributed by atoms with Crippen LogP contribution >= 0.6 is 0 Å². The van der Waals surface area contributed by atoms with E-state index in [2.05, 4.69) is 21.9 Å². The Morgan fingerprint density at radius 3 is 2.58 bits per heavy atom. The molecule has 2 aliphatic rings. The van der Waals surface area contributed by atoms with E-state index in [0.717, 1.165) is 32.0 Å². The van der Waals surface area contributed by atoms with Crippen molar-refractivity contribution in [1.29, 1.82) is 0 Å². The topological polar surface area (TPSA) is 26.7 Å². The number of aliphatic hydroxyl groups is 1. The monoisotopic (exact) mass is 358 g/mol. The van der Waals surface area contributed by atoms with Crippen LogP contribution < -0.4 is 0 Å². The lowest BCUT2D eigenvalue weighted by Crippen LogP contribution is -2.56. The van der Waals surface area contributed by atoms with Gasteiger partial charge in [0.05, 0.1) is 6.10 Å². The third-order valence-electron chi connectivity index (χ3n) is 5.62. The fourth-order valence-electron chi connectivity index (χ4n) is 4.32. The summed E-state index contributed by atoms with van der Waals surface area (Å²) in [6.45, 7) is 2.84. The van der Waals surface area contributed by atoms with Gasteiger partial charge in [0, 0.05) is 49.9 Å². The summed E-state index contributed by atoms with van der Waals surface area (Å²) in [5.74, 6) is -1.03. The maximum absolute atomic E-state index is 14.2. The normalized spacial score (nSPS) is 26.8. The van der Waals surface area contributed by atoms with Crippen LogP contribution in [0.1, 0.15) is 17.5 Å². The Bertz CT molecular complexity index is 755. The van der Waals surface area contributed by atoms with Crippen molar-refractivity contribution >= 4 is 0 Å². The average molecular weight is 358 g/mol. The summed E-state index contributed by atoms with van der Waals surface area (Å²) < 4.78 is 27.4. The first kappa shape index (κ1) is 17.6. The van der Waals surface area contributed by atoms with Crippen molar-refractivity contribution in [2.45, 2.75) is 37.6 Å². The van der Waals surface area contributed by atoms with Crippen molar-refractivity contribution in [3.63, 3.8) is 0 Å². The number of piperazine rings is 1. The van der Waals surface area contributed by atoms with Crippen molar-refractivity contribution in [3.05, 3.63) is 71.3 Å². The van der Waals surface area contributed by atoms with Gasteiger partial charge in [-0.3, -0.25) is 9.80 Å². The van der Waals surface area contributed by atoms with E-state index in [1.165, 1.54) is 11.6 Å². The van der Waals surface area contributed by atoms with E-state index in [-0.39, 0.29) is 12.1 Å². The molecule has 0 saturated carbocycles. The average Bonchev–Trinajstić information content (AvgIpc) is 2.97. The van der Waals surface area contributed by atoms with Crippen LogP contribution in [-0.2, 0) is 13.0 Å². The van der Waals surface area contributed by atoms with E-state index < -0.39 is 11.6 Å². The number of halogens is 2. The Kier molecular flexibility index (Phi) is 5.02. The molecular formula is C21H24F2N2O. The number of hydrogen-bond donors (Lipinski definition) is 1. The molecule has 3 nitrogen and oxygen atoms in total. The number of benzene rings is 2. The molecule has 138 valence electrons. The minimum Gasteiger partial charge on any atom is -0.392 e. The summed E-state index contributed by atoms with van der Waals surface area (Å²) >= 11 is 0. The van der Waals surface area contributed by atoms with Gasteiger partial charge in [-0.1, -0.05) is 36.4 Å². The fraction of sp³-hybridized carbons (Fsp3) is 0.429. The van der Waals surface area contributed by atoms with E-state index >= 15 is 0 Å². The smallest absolute Gasteiger partial charge is 0.130 e. The van der Waals surface area contributed by atoms with Crippen molar-refractivity contribution in [3.8, 4) is 0 Å². The molecule has 0 aromatic heterocycles. The number of rotatable bonds is 4. The number of aliphatic hydroxyl groups excluding tert-OH is 1. The highest BCUT2D eigenvalue weighted by Gasteiger charge is 2.39. The second kappa shape index (κ2) is 7.43. The largest absolute Gasteiger partial charge is 0.392 e. The quantitative estimate of drug-likeness (QED) is 0.911. The molecule has 0 bridgehead atoms. The molecule has 0 amide bonds. The van der Waals surface area contributed by atoms with E-state index in [4.69, 9.17) is 0 Å². The molecule has 2 aliphatic heterocycles. The van der Waals surface area contributed by atoms with E-state index in [0.29, 0.717) is 24.7 Å². The summed E-state index contributed by atoms with van der Waals surface area (Å²) in [6.07, 6.45) is 1.36. The first-order valence-corrected chi connectivity index (χ1v) is 9.22. The number of hydrogen-bond acceptors (Lipinski definition) is 3. The minimum absolute atomic E-state index is 0.239. The summed E-state index contributed by atoms with van der Waals surface area (Å²) in [5.41, 5.74) is 1.77. The Labute approximate surface area is 152 Å².